The van der Waals surface area contributed by atoms with Gasteiger partial charge in [0.15, 0.2) is 6.61 Å². The molecule has 0 spiro atoms. The van der Waals surface area contributed by atoms with Gasteiger partial charge in [-0.2, -0.15) is 0 Å². The smallest absolute Gasteiger partial charge is 0.257 e. The number of nitrogens with one attached hydrogen (secondary N) is 3. The van der Waals surface area contributed by atoms with E-state index in [9.17, 15) is 24.0 Å². The number of hydrogen-bond donors (Lipinski definition) is 3. The number of unbranched alkanes of at least 4 members (excludes halogenated alkanes) is 1. The maximum Gasteiger partial charge on any atom is 0.257 e. The van der Waals surface area contributed by atoms with Crippen molar-refractivity contribution in [2.24, 2.45) is 0 Å². The van der Waals surface area contributed by atoms with E-state index in [4.69, 9.17) is 9.47 Å². The van der Waals surface area contributed by atoms with Crippen molar-refractivity contribution >= 4 is 29.5 Å². The molecule has 1 aromatic carbocycles. The summed E-state index contributed by atoms with van der Waals surface area (Å²) in [6, 6.07) is 4.29. The molecular formula is C25H34N4O7. The Kier molecular flexibility index (Phi) is 9.03. The maximum atomic E-state index is 12.9. The Labute approximate surface area is 210 Å². The molecule has 196 valence electrons. The number of imide groups is 1. The Balaban J connectivity index is 1.38. The molecule has 0 aromatic heterocycles. The molecule has 1 aromatic rings. The average molecular weight is 503 g/mol. The summed E-state index contributed by atoms with van der Waals surface area (Å²) in [4.78, 5) is 61.9. The van der Waals surface area contributed by atoms with E-state index in [0.717, 1.165) is 0 Å². The minimum atomic E-state index is -0.713. The first-order chi connectivity index (χ1) is 17.0. The van der Waals surface area contributed by atoms with Gasteiger partial charge in [-0.05, 0) is 52.2 Å². The van der Waals surface area contributed by atoms with Crippen molar-refractivity contribution in [2.75, 3.05) is 26.3 Å². The summed E-state index contributed by atoms with van der Waals surface area (Å²) >= 11 is 0. The lowest BCUT2D eigenvalue weighted by Gasteiger charge is -2.29. The van der Waals surface area contributed by atoms with Crippen LogP contribution in [0, 0.1) is 0 Å². The van der Waals surface area contributed by atoms with Crippen LogP contribution in [0.4, 0.5) is 0 Å². The number of piperidine rings is 1. The number of rotatable bonds is 11. The fraction of sp³-hybridized carbons (Fsp3) is 0.560. The first-order valence-electron chi connectivity index (χ1n) is 12.1. The summed E-state index contributed by atoms with van der Waals surface area (Å²) in [6.45, 7) is 6.54. The fourth-order valence-electron chi connectivity index (χ4n) is 3.93. The molecule has 5 amide bonds. The van der Waals surface area contributed by atoms with Crippen LogP contribution < -0.4 is 20.7 Å². The molecular weight excluding hydrogens is 468 g/mol. The lowest BCUT2D eigenvalue weighted by Crippen LogP contribution is -2.52. The molecule has 1 unspecified atom stereocenters. The molecule has 0 saturated carbocycles. The van der Waals surface area contributed by atoms with E-state index in [-0.39, 0.29) is 61.8 Å². The first kappa shape index (κ1) is 27.1. The van der Waals surface area contributed by atoms with Gasteiger partial charge in [0, 0.05) is 30.6 Å². The Morgan fingerprint density at radius 3 is 2.36 bits per heavy atom. The summed E-state index contributed by atoms with van der Waals surface area (Å²) in [5.74, 6) is -1.19. The number of carbonyl (C=O) groups excluding carboxylic acids is 5. The van der Waals surface area contributed by atoms with Gasteiger partial charge in [-0.15, -0.1) is 0 Å². The fourth-order valence-corrected chi connectivity index (χ4v) is 3.93. The zero-order valence-electron chi connectivity index (χ0n) is 21.0. The quantitative estimate of drug-likeness (QED) is 0.298. The lowest BCUT2D eigenvalue weighted by molar-refractivity contribution is -0.137. The number of carbonyl (C=O) groups is 5. The second kappa shape index (κ2) is 12.0. The SMILES string of the molecule is CC(C)(C)OCC(=O)NCCCCNC(=O)COc1cccc2c1CN(C1CCC(=O)NC1=O)C2=O. The predicted octanol–water partition coefficient (Wildman–Crippen LogP) is 0.654. The molecule has 1 fully saturated rings. The number of hydrogen-bond acceptors (Lipinski definition) is 7. The van der Waals surface area contributed by atoms with Crippen molar-refractivity contribution in [1.29, 1.82) is 0 Å². The van der Waals surface area contributed by atoms with Gasteiger partial charge in [0.2, 0.25) is 17.7 Å². The molecule has 2 aliphatic rings. The van der Waals surface area contributed by atoms with Crippen LogP contribution in [0.1, 0.15) is 62.4 Å². The van der Waals surface area contributed by atoms with Gasteiger partial charge >= 0.3 is 0 Å². The first-order valence-corrected chi connectivity index (χ1v) is 12.1. The molecule has 0 radical (unpaired) electrons. The van der Waals surface area contributed by atoms with Crippen molar-refractivity contribution in [2.45, 2.75) is 64.6 Å². The van der Waals surface area contributed by atoms with Crippen LogP contribution >= 0.6 is 0 Å². The van der Waals surface area contributed by atoms with Crippen LogP contribution in [0.25, 0.3) is 0 Å². The molecule has 0 aliphatic carbocycles. The maximum absolute atomic E-state index is 12.9. The monoisotopic (exact) mass is 502 g/mol. The standard InChI is InChI=1S/C25H34N4O7/c1-25(2,3)36-15-22(32)27-12-5-4-11-26-21(31)14-35-19-8-6-7-16-17(19)13-29(24(16)34)18-9-10-20(30)28-23(18)33/h6-8,18H,4-5,9-15H2,1-3H3,(H,26,31)(H,27,32)(H,28,30,33). The van der Waals surface area contributed by atoms with E-state index >= 15 is 0 Å². The van der Waals surface area contributed by atoms with E-state index in [2.05, 4.69) is 16.0 Å². The Hall–Kier alpha value is -3.47. The van der Waals surface area contributed by atoms with Crippen LogP contribution in [0.2, 0.25) is 0 Å². The van der Waals surface area contributed by atoms with Gasteiger partial charge in [0.05, 0.1) is 12.1 Å². The highest BCUT2D eigenvalue weighted by molar-refractivity contribution is 6.05. The second-order valence-corrected chi connectivity index (χ2v) is 9.78. The van der Waals surface area contributed by atoms with Crippen LogP contribution in [-0.2, 0) is 30.5 Å². The van der Waals surface area contributed by atoms with Crippen LogP contribution in [0.15, 0.2) is 18.2 Å². The topological polar surface area (TPSA) is 143 Å². The predicted molar refractivity (Wildman–Crippen MR) is 129 cm³/mol. The van der Waals surface area contributed by atoms with Gasteiger partial charge < -0.3 is 25.0 Å². The Bertz CT molecular complexity index is 1020. The highest BCUT2D eigenvalue weighted by Gasteiger charge is 2.40. The van der Waals surface area contributed by atoms with E-state index < -0.39 is 11.9 Å². The Morgan fingerprint density at radius 1 is 1.06 bits per heavy atom. The summed E-state index contributed by atoms with van der Waals surface area (Å²) in [5, 5.41) is 7.82. The third-order valence-electron chi connectivity index (χ3n) is 5.78. The zero-order valence-corrected chi connectivity index (χ0v) is 21.0. The van der Waals surface area contributed by atoms with Crippen molar-refractivity contribution in [3.05, 3.63) is 29.3 Å². The number of fused-ring (bicyclic) bond motifs is 1. The van der Waals surface area contributed by atoms with Crippen LogP contribution in [0.5, 0.6) is 5.75 Å². The van der Waals surface area contributed by atoms with E-state index in [1.807, 2.05) is 20.8 Å². The van der Waals surface area contributed by atoms with Crippen LogP contribution in [-0.4, -0.2) is 72.4 Å². The summed E-state index contributed by atoms with van der Waals surface area (Å²) < 4.78 is 11.1. The highest BCUT2D eigenvalue weighted by Crippen LogP contribution is 2.33. The number of amides is 5. The van der Waals surface area contributed by atoms with Gasteiger partial charge in [-0.25, -0.2) is 0 Å². The van der Waals surface area contributed by atoms with Crippen molar-refractivity contribution < 1.29 is 33.4 Å². The molecule has 3 N–H and O–H groups in total. The largest absolute Gasteiger partial charge is 0.483 e. The minimum Gasteiger partial charge on any atom is -0.483 e. The number of ether oxygens (including phenoxy) is 2. The molecule has 3 rings (SSSR count). The molecule has 11 heteroatoms. The molecule has 11 nitrogen and oxygen atoms in total. The van der Waals surface area contributed by atoms with Gasteiger partial charge in [-0.3, -0.25) is 29.3 Å². The zero-order chi connectivity index (χ0) is 26.3. The average Bonchev–Trinajstić information content (AvgIpc) is 3.15. The van der Waals surface area contributed by atoms with E-state index in [0.29, 0.717) is 42.8 Å². The normalized spacial score (nSPS) is 17.5. The van der Waals surface area contributed by atoms with Crippen LogP contribution in [0.3, 0.4) is 0 Å². The minimum absolute atomic E-state index is 0.0116. The van der Waals surface area contributed by atoms with Gasteiger partial charge in [-0.1, -0.05) is 6.07 Å². The highest BCUT2D eigenvalue weighted by atomic mass is 16.5. The van der Waals surface area contributed by atoms with Crippen molar-refractivity contribution in [1.82, 2.24) is 20.9 Å². The summed E-state index contributed by atoms with van der Waals surface area (Å²) in [5.41, 5.74) is 0.671. The van der Waals surface area contributed by atoms with Gasteiger partial charge in [0.25, 0.3) is 11.8 Å². The third-order valence-corrected chi connectivity index (χ3v) is 5.78. The number of nitrogens with zero attached hydrogens (tertiary/aromatic N) is 1. The lowest BCUT2D eigenvalue weighted by atomic mass is 10.0. The van der Waals surface area contributed by atoms with Crippen molar-refractivity contribution in [3.63, 3.8) is 0 Å². The molecule has 2 aliphatic heterocycles. The summed E-state index contributed by atoms with van der Waals surface area (Å²) in [7, 11) is 0. The molecule has 0 bridgehead atoms. The molecule has 1 atom stereocenters. The van der Waals surface area contributed by atoms with E-state index in [1.165, 1.54) is 4.90 Å². The third kappa shape index (κ3) is 7.51. The molecule has 2 heterocycles. The summed E-state index contributed by atoms with van der Waals surface area (Å²) in [6.07, 6.45) is 1.84. The van der Waals surface area contributed by atoms with Gasteiger partial charge in [0.1, 0.15) is 18.4 Å². The van der Waals surface area contributed by atoms with E-state index in [1.54, 1.807) is 18.2 Å². The molecule has 36 heavy (non-hydrogen) atoms. The molecule has 1 saturated heterocycles. The Morgan fingerprint density at radius 2 is 1.72 bits per heavy atom. The second-order valence-electron chi connectivity index (χ2n) is 9.78. The van der Waals surface area contributed by atoms with Crippen molar-refractivity contribution in [3.8, 4) is 5.75 Å². The number of benzene rings is 1.